The van der Waals surface area contributed by atoms with Crippen LogP contribution in [0.4, 0.5) is 5.69 Å². The SMILES string of the molecule is CCOc1ccc(Cc2nc3cc([N+](=O)[O-])ccc3n2CCN(CC)CC)cc1.N=C=S. The summed E-state index contributed by atoms with van der Waals surface area (Å²) in [7, 11) is 0. The molecule has 3 rings (SSSR count). The minimum absolute atomic E-state index is 0.0681. The average molecular weight is 456 g/mol. The van der Waals surface area contributed by atoms with Crippen LogP contribution in [0.25, 0.3) is 11.0 Å². The van der Waals surface area contributed by atoms with E-state index in [2.05, 4.69) is 35.5 Å². The Balaban J connectivity index is 0.00000114. The van der Waals surface area contributed by atoms with E-state index >= 15 is 0 Å². The first-order valence-electron chi connectivity index (χ1n) is 10.6. The summed E-state index contributed by atoms with van der Waals surface area (Å²) in [6.07, 6.45) is 0.660. The average Bonchev–Trinajstić information content (AvgIpc) is 3.12. The smallest absolute Gasteiger partial charge is 0.271 e. The van der Waals surface area contributed by atoms with Gasteiger partial charge in [-0.1, -0.05) is 26.0 Å². The van der Waals surface area contributed by atoms with E-state index in [1.54, 1.807) is 17.3 Å². The lowest BCUT2D eigenvalue weighted by atomic mass is 10.1. The number of nitro groups is 1. The van der Waals surface area contributed by atoms with Gasteiger partial charge in [0, 0.05) is 31.6 Å². The molecular formula is C23H29N5O3S. The van der Waals surface area contributed by atoms with E-state index in [1.165, 1.54) is 0 Å². The van der Waals surface area contributed by atoms with Crippen LogP contribution in [0.3, 0.4) is 0 Å². The molecular weight excluding hydrogens is 426 g/mol. The highest BCUT2D eigenvalue weighted by atomic mass is 32.1. The number of rotatable bonds is 10. The molecule has 0 spiro atoms. The molecule has 0 atom stereocenters. The van der Waals surface area contributed by atoms with Gasteiger partial charge in [-0.25, -0.2) is 10.4 Å². The number of benzene rings is 2. The van der Waals surface area contributed by atoms with Gasteiger partial charge in [-0.3, -0.25) is 10.1 Å². The molecule has 9 heteroatoms. The molecule has 32 heavy (non-hydrogen) atoms. The zero-order chi connectivity index (χ0) is 23.5. The molecule has 0 amide bonds. The zero-order valence-corrected chi connectivity index (χ0v) is 19.5. The van der Waals surface area contributed by atoms with Gasteiger partial charge in [0.05, 0.1) is 27.7 Å². The van der Waals surface area contributed by atoms with E-state index < -0.39 is 0 Å². The second kappa shape index (κ2) is 12.7. The molecule has 8 nitrogen and oxygen atoms in total. The summed E-state index contributed by atoms with van der Waals surface area (Å²) >= 11 is 3.81. The maximum atomic E-state index is 11.2. The van der Waals surface area contributed by atoms with Gasteiger partial charge in [-0.2, -0.15) is 0 Å². The van der Waals surface area contributed by atoms with Crippen molar-refractivity contribution in [3.05, 3.63) is 64.0 Å². The van der Waals surface area contributed by atoms with Gasteiger partial charge in [0.25, 0.3) is 5.69 Å². The maximum absolute atomic E-state index is 11.2. The minimum Gasteiger partial charge on any atom is -0.494 e. The molecule has 0 aliphatic rings. The summed E-state index contributed by atoms with van der Waals surface area (Å²) in [5.41, 5.74) is 2.80. The first-order chi connectivity index (χ1) is 15.5. The topological polar surface area (TPSA) is 97.3 Å². The van der Waals surface area contributed by atoms with Gasteiger partial charge in [-0.15, -0.1) is 0 Å². The number of isothiocyanates is 1. The normalized spacial score (nSPS) is 10.5. The van der Waals surface area contributed by atoms with Crippen LogP contribution in [0.5, 0.6) is 5.75 Å². The molecule has 0 aliphatic carbocycles. The number of thiocarbonyl (C=S) groups is 1. The van der Waals surface area contributed by atoms with Crippen molar-refractivity contribution in [3.8, 4) is 5.75 Å². The number of nitro benzene ring substituents is 1. The third kappa shape index (κ3) is 6.68. The monoisotopic (exact) mass is 455 g/mol. The third-order valence-electron chi connectivity index (χ3n) is 5.15. The Bertz CT molecular complexity index is 1060. The fourth-order valence-corrected chi connectivity index (χ4v) is 3.50. The Morgan fingerprint density at radius 3 is 2.41 bits per heavy atom. The molecule has 0 bridgehead atoms. The highest BCUT2D eigenvalue weighted by Crippen LogP contribution is 2.24. The number of nitrogens with zero attached hydrogens (tertiary/aromatic N) is 4. The van der Waals surface area contributed by atoms with Gasteiger partial charge in [0.15, 0.2) is 0 Å². The molecule has 0 aliphatic heterocycles. The van der Waals surface area contributed by atoms with Crippen LogP contribution in [0.15, 0.2) is 42.5 Å². The number of hydrogen-bond donors (Lipinski definition) is 1. The summed E-state index contributed by atoms with van der Waals surface area (Å²) < 4.78 is 7.71. The second-order valence-electron chi connectivity index (χ2n) is 6.99. The van der Waals surface area contributed by atoms with Crippen molar-refractivity contribution in [1.82, 2.24) is 14.5 Å². The second-order valence-corrected chi connectivity index (χ2v) is 7.20. The predicted molar refractivity (Wildman–Crippen MR) is 130 cm³/mol. The van der Waals surface area contributed by atoms with E-state index in [4.69, 9.17) is 15.1 Å². The fourth-order valence-electron chi connectivity index (χ4n) is 3.50. The van der Waals surface area contributed by atoms with E-state index in [1.807, 2.05) is 37.3 Å². The van der Waals surface area contributed by atoms with Crippen LogP contribution in [0, 0.1) is 15.5 Å². The Morgan fingerprint density at radius 1 is 1.19 bits per heavy atom. The van der Waals surface area contributed by atoms with Crippen molar-refractivity contribution in [2.45, 2.75) is 33.7 Å². The summed E-state index contributed by atoms with van der Waals surface area (Å²) in [5.74, 6) is 1.76. The summed E-state index contributed by atoms with van der Waals surface area (Å²) in [6, 6.07) is 12.9. The summed E-state index contributed by atoms with van der Waals surface area (Å²) in [6.45, 7) is 10.6. The molecule has 3 aromatic rings. The van der Waals surface area contributed by atoms with Crippen LogP contribution >= 0.6 is 12.2 Å². The molecule has 2 aromatic carbocycles. The molecule has 0 saturated carbocycles. The van der Waals surface area contributed by atoms with E-state index in [0.29, 0.717) is 18.5 Å². The first-order valence-corrected chi connectivity index (χ1v) is 11.0. The quantitative estimate of drug-likeness (QED) is 0.201. The van der Waals surface area contributed by atoms with Gasteiger partial charge >= 0.3 is 0 Å². The summed E-state index contributed by atoms with van der Waals surface area (Å²) in [4.78, 5) is 17.9. The number of likely N-dealkylation sites (N-methyl/N-ethyl adjacent to an activating group) is 1. The number of fused-ring (bicyclic) bond motifs is 1. The molecule has 0 radical (unpaired) electrons. The molecule has 1 aromatic heterocycles. The van der Waals surface area contributed by atoms with Crippen LogP contribution in [0.1, 0.15) is 32.2 Å². The predicted octanol–water partition coefficient (Wildman–Crippen LogP) is 4.94. The highest BCUT2D eigenvalue weighted by Gasteiger charge is 2.15. The molecule has 170 valence electrons. The van der Waals surface area contributed by atoms with E-state index in [9.17, 15) is 10.1 Å². The minimum atomic E-state index is -0.375. The molecule has 0 unspecified atom stereocenters. The molecule has 0 fully saturated rings. The Kier molecular flexibility index (Phi) is 9.94. The first kappa shape index (κ1) is 25.1. The largest absolute Gasteiger partial charge is 0.494 e. The standard InChI is InChI=1S/C22H28N4O3.CHNS/c1-4-24(5-2)13-14-25-21-12-9-18(26(27)28)16-20(21)23-22(25)15-17-7-10-19(11-8-17)29-6-3;2-1-3/h7-12,16H,4-6,13-15H2,1-3H3;2H. The van der Waals surface area contributed by atoms with Crippen molar-refractivity contribution >= 4 is 34.1 Å². The number of nitrogens with one attached hydrogen (secondary N) is 1. The van der Waals surface area contributed by atoms with Crippen LogP contribution in [0.2, 0.25) is 0 Å². The van der Waals surface area contributed by atoms with Gasteiger partial charge in [0.1, 0.15) is 11.6 Å². The van der Waals surface area contributed by atoms with Crippen molar-refractivity contribution in [2.24, 2.45) is 0 Å². The van der Waals surface area contributed by atoms with Crippen molar-refractivity contribution in [1.29, 1.82) is 5.41 Å². The Morgan fingerprint density at radius 2 is 1.84 bits per heavy atom. The lowest BCUT2D eigenvalue weighted by molar-refractivity contribution is -0.384. The zero-order valence-electron chi connectivity index (χ0n) is 18.7. The van der Waals surface area contributed by atoms with Crippen molar-refractivity contribution in [2.75, 3.05) is 26.2 Å². The van der Waals surface area contributed by atoms with Crippen molar-refractivity contribution in [3.63, 3.8) is 0 Å². The van der Waals surface area contributed by atoms with Crippen LogP contribution in [-0.2, 0) is 13.0 Å². The molecule has 1 N–H and O–H groups in total. The molecule has 0 saturated heterocycles. The number of hydrogen-bond acceptors (Lipinski definition) is 7. The van der Waals surface area contributed by atoms with Gasteiger partial charge in [0.2, 0.25) is 0 Å². The van der Waals surface area contributed by atoms with Crippen molar-refractivity contribution < 1.29 is 9.66 Å². The maximum Gasteiger partial charge on any atom is 0.271 e. The highest BCUT2D eigenvalue weighted by molar-refractivity contribution is 7.78. The number of aromatic nitrogens is 2. The van der Waals surface area contributed by atoms with Crippen LogP contribution < -0.4 is 4.74 Å². The van der Waals surface area contributed by atoms with E-state index in [-0.39, 0.29) is 10.6 Å². The number of ether oxygens (including phenoxy) is 1. The summed E-state index contributed by atoms with van der Waals surface area (Å²) in [5, 5.41) is 18.5. The molecule has 1 heterocycles. The van der Waals surface area contributed by atoms with E-state index in [0.717, 1.165) is 48.8 Å². The number of non-ortho nitro benzene ring substituents is 1. The Labute approximate surface area is 193 Å². The lowest BCUT2D eigenvalue weighted by Crippen LogP contribution is -2.27. The lowest BCUT2D eigenvalue weighted by Gasteiger charge is -2.19. The van der Waals surface area contributed by atoms with Gasteiger partial charge < -0.3 is 14.2 Å². The third-order valence-corrected chi connectivity index (χ3v) is 5.15. The fraction of sp³-hybridized carbons (Fsp3) is 0.391. The Hall–Kier alpha value is -3.13. The van der Waals surface area contributed by atoms with Crippen LogP contribution in [-0.4, -0.2) is 50.8 Å². The van der Waals surface area contributed by atoms with Gasteiger partial charge in [-0.05, 0) is 56.0 Å². The number of imidazole rings is 1.